The van der Waals surface area contributed by atoms with Crippen molar-refractivity contribution in [1.29, 1.82) is 0 Å². The third-order valence-electron chi connectivity index (χ3n) is 0.977. The van der Waals surface area contributed by atoms with Crippen LogP contribution in [0.15, 0.2) is 4.42 Å². The monoisotopic (exact) mass is 362 g/mol. The van der Waals surface area contributed by atoms with Crippen LogP contribution < -0.4 is 0 Å². The van der Waals surface area contributed by atoms with Crippen LogP contribution in [-0.4, -0.2) is 17.3 Å². The SMILES string of the molecule is COCc1nnc(C(Br)(Br)Br)o1. The molecule has 7 heteroatoms. The molecular weight excluding hydrogens is 360 g/mol. The average molecular weight is 365 g/mol. The number of halogens is 3. The second-order valence-corrected chi connectivity index (χ2v) is 8.69. The zero-order valence-corrected chi connectivity index (χ0v) is 10.8. The molecule has 0 saturated heterocycles. The Labute approximate surface area is 94.4 Å². The lowest BCUT2D eigenvalue weighted by Crippen LogP contribution is -1.97. The highest BCUT2D eigenvalue weighted by atomic mass is 80.0. The Morgan fingerprint density at radius 2 is 2.08 bits per heavy atom. The van der Waals surface area contributed by atoms with E-state index >= 15 is 0 Å². The normalized spacial score (nSPS) is 12.0. The van der Waals surface area contributed by atoms with E-state index in [9.17, 15) is 0 Å². The highest BCUT2D eigenvalue weighted by Gasteiger charge is 2.28. The Balaban J connectivity index is 2.77. The number of hydrogen-bond acceptors (Lipinski definition) is 4. The van der Waals surface area contributed by atoms with Gasteiger partial charge in [-0.25, -0.2) is 0 Å². The Kier molecular flexibility index (Phi) is 3.69. The molecular formula is C5H5Br3N2O2. The minimum absolute atomic E-state index is 0.316. The maximum atomic E-state index is 5.20. The highest BCUT2D eigenvalue weighted by molar-refractivity contribution is 9.38. The quantitative estimate of drug-likeness (QED) is 0.757. The molecule has 0 radical (unpaired) electrons. The van der Waals surface area contributed by atoms with Crippen LogP contribution in [0, 0.1) is 0 Å². The van der Waals surface area contributed by atoms with Crippen LogP contribution in [0.4, 0.5) is 0 Å². The first kappa shape index (κ1) is 10.6. The third-order valence-corrected chi connectivity index (χ3v) is 1.99. The first-order valence-electron chi connectivity index (χ1n) is 2.92. The summed E-state index contributed by atoms with van der Waals surface area (Å²) >= 11 is 9.74. The van der Waals surface area contributed by atoms with E-state index in [-0.39, 0.29) is 0 Å². The highest BCUT2D eigenvalue weighted by Crippen LogP contribution is 2.43. The molecule has 0 fully saturated rings. The molecule has 0 saturated carbocycles. The molecule has 0 N–H and O–H groups in total. The number of nitrogens with zero attached hydrogens (tertiary/aromatic N) is 2. The molecule has 12 heavy (non-hydrogen) atoms. The van der Waals surface area contributed by atoms with Gasteiger partial charge in [-0.3, -0.25) is 0 Å². The smallest absolute Gasteiger partial charge is 0.254 e. The Hall–Kier alpha value is 0.540. The predicted octanol–water partition coefficient (Wildman–Crippen LogP) is 2.51. The van der Waals surface area contributed by atoms with Gasteiger partial charge in [0, 0.05) is 7.11 Å². The van der Waals surface area contributed by atoms with Crippen LogP contribution in [0.3, 0.4) is 0 Å². The lowest BCUT2D eigenvalue weighted by Gasteiger charge is -2.03. The average Bonchev–Trinajstić information content (AvgIpc) is 2.35. The summed E-state index contributed by atoms with van der Waals surface area (Å²) in [5.41, 5.74) is 0. The van der Waals surface area contributed by atoms with E-state index in [1.54, 1.807) is 7.11 Å². The van der Waals surface area contributed by atoms with Crippen molar-refractivity contribution in [1.82, 2.24) is 10.2 Å². The van der Waals surface area contributed by atoms with E-state index in [0.29, 0.717) is 18.4 Å². The number of ether oxygens (including phenoxy) is 1. The van der Waals surface area contributed by atoms with Gasteiger partial charge in [0.05, 0.1) is 0 Å². The van der Waals surface area contributed by atoms with E-state index in [0.717, 1.165) is 0 Å². The van der Waals surface area contributed by atoms with Gasteiger partial charge in [0.1, 0.15) is 6.61 Å². The van der Waals surface area contributed by atoms with Gasteiger partial charge in [-0.2, -0.15) is 0 Å². The summed E-state index contributed by atoms with van der Waals surface area (Å²) in [7, 11) is 1.56. The second kappa shape index (κ2) is 4.17. The van der Waals surface area contributed by atoms with Gasteiger partial charge in [-0.1, -0.05) is 0 Å². The molecule has 1 rings (SSSR count). The molecule has 0 spiro atoms. The minimum atomic E-state index is -0.647. The van der Waals surface area contributed by atoms with Gasteiger partial charge in [-0.05, 0) is 47.8 Å². The summed E-state index contributed by atoms with van der Waals surface area (Å²) in [4.78, 5) is 0. The number of methoxy groups -OCH3 is 1. The zero-order valence-electron chi connectivity index (χ0n) is 6.05. The van der Waals surface area contributed by atoms with Gasteiger partial charge in [0.25, 0.3) is 5.89 Å². The Bertz CT molecular complexity index is 257. The summed E-state index contributed by atoms with van der Waals surface area (Å²) in [5.74, 6) is 0.838. The van der Waals surface area contributed by atoms with Crippen molar-refractivity contribution < 1.29 is 9.15 Å². The molecule has 0 unspecified atom stereocenters. The van der Waals surface area contributed by atoms with Crippen LogP contribution in [0.5, 0.6) is 0 Å². The molecule has 0 aliphatic heterocycles. The van der Waals surface area contributed by atoms with E-state index < -0.39 is 2.14 Å². The van der Waals surface area contributed by atoms with Crippen LogP contribution in [0.25, 0.3) is 0 Å². The molecule has 0 atom stereocenters. The zero-order chi connectivity index (χ0) is 9.19. The summed E-state index contributed by atoms with van der Waals surface area (Å²) < 4.78 is 9.37. The van der Waals surface area contributed by atoms with Crippen molar-refractivity contribution in [2.75, 3.05) is 7.11 Å². The Morgan fingerprint density at radius 1 is 1.42 bits per heavy atom. The summed E-state index contributed by atoms with van der Waals surface area (Å²) in [6.45, 7) is 0.316. The largest absolute Gasteiger partial charge is 0.419 e. The van der Waals surface area contributed by atoms with Crippen molar-refractivity contribution in [3.63, 3.8) is 0 Å². The lowest BCUT2D eigenvalue weighted by atomic mass is 10.7. The fourth-order valence-electron chi connectivity index (χ4n) is 0.550. The lowest BCUT2D eigenvalue weighted by molar-refractivity contribution is 0.158. The van der Waals surface area contributed by atoms with E-state index in [1.807, 2.05) is 0 Å². The molecule has 1 heterocycles. The molecule has 0 aliphatic rings. The van der Waals surface area contributed by atoms with Gasteiger partial charge < -0.3 is 9.15 Å². The van der Waals surface area contributed by atoms with Crippen LogP contribution >= 0.6 is 47.8 Å². The topological polar surface area (TPSA) is 48.2 Å². The molecule has 68 valence electrons. The number of aromatic nitrogens is 2. The molecule has 0 amide bonds. The van der Waals surface area contributed by atoms with Crippen molar-refractivity contribution in [2.45, 2.75) is 8.75 Å². The van der Waals surface area contributed by atoms with Gasteiger partial charge >= 0.3 is 0 Å². The van der Waals surface area contributed by atoms with Gasteiger partial charge in [-0.15, -0.1) is 10.2 Å². The first-order valence-corrected chi connectivity index (χ1v) is 5.30. The van der Waals surface area contributed by atoms with Crippen LogP contribution in [0.2, 0.25) is 0 Å². The van der Waals surface area contributed by atoms with E-state index in [4.69, 9.17) is 9.15 Å². The third kappa shape index (κ3) is 2.79. The molecule has 1 aromatic heterocycles. The van der Waals surface area contributed by atoms with Crippen LogP contribution in [-0.2, 0) is 13.5 Å². The van der Waals surface area contributed by atoms with Gasteiger partial charge in [0.2, 0.25) is 8.03 Å². The second-order valence-electron chi connectivity index (χ2n) is 1.93. The van der Waals surface area contributed by atoms with Crippen molar-refractivity contribution in [3.05, 3.63) is 11.8 Å². The van der Waals surface area contributed by atoms with Crippen molar-refractivity contribution in [3.8, 4) is 0 Å². The number of rotatable bonds is 2. The summed E-state index contributed by atoms with van der Waals surface area (Å²) in [6, 6.07) is 0. The fraction of sp³-hybridized carbons (Fsp3) is 0.600. The first-order chi connectivity index (χ1) is 5.54. The predicted molar refractivity (Wildman–Crippen MR) is 53.5 cm³/mol. The number of hydrogen-bond donors (Lipinski definition) is 0. The fourth-order valence-corrected chi connectivity index (χ4v) is 1.03. The summed E-state index contributed by atoms with van der Waals surface area (Å²) in [5, 5.41) is 7.51. The van der Waals surface area contributed by atoms with E-state index in [1.165, 1.54) is 0 Å². The minimum Gasteiger partial charge on any atom is -0.419 e. The van der Waals surface area contributed by atoms with Crippen molar-refractivity contribution >= 4 is 47.8 Å². The number of alkyl halides is 3. The molecule has 0 aliphatic carbocycles. The Morgan fingerprint density at radius 3 is 2.50 bits per heavy atom. The molecule has 0 aromatic carbocycles. The maximum Gasteiger partial charge on any atom is 0.254 e. The van der Waals surface area contributed by atoms with E-state index in [2.05, 4.69) is 58.0 Å². The van der Waals surface area contributed by atoms with Crippen molar-refractivity contribution in [2.24, 2.45) is 0 Å². The molecule has 1 aromatic rings. The summed E-state index contributed by atoms with van der Waals surface area (Å²) in [6.07, 6.45) is 0. The van der Waals surface area contributed by atoms with Crippen LogP contribution in [0.1, 0.15) is 11.8 Å². The maximum absolute atomic E-state index is 5.20. The molecule has 4 nitrogen and oxygen atoms in total. The molecule has 0 bridgehead atoms. The standard InChI is InChI=1S/C5H5Br3N2O2/c1-11-2-3-9-10-4(12-3)5(6,7)8/h2H2,1H3. The van der Waals surface area contributed by atoms with Gasteiger partial charge in [0.15, 0.2) is 0 Å².